The lowest BCUT2D eigenvalue weighted by Crippen LogP contribution is -1.91. The second-order valence-corrected chi connectivity index (χ2v) is 4.28. The number of hydrogen-bond acceptors (Lipinski definition) is 2. The quantitative estimate of drug-likeness (QED) is 0.618. The van der Waals surface area contributed by atoms with Crippen LogP contribution < -0.4 is 0 Å². The van der Waals surface area contributed by atoms with Crippen molar-refractivity contribution in [2.45, 2.75) is 6.92 Å². The molecular formula is C9H7BrN2OS. The zero-order valence-corrected chi connectivity index (χ0v) is 9.75. The molecule has 0 aliphatic rings. The summed E-state index contributed by atoms with van der Waals surface area (Å²) >= 11 is 8.34. The molecule has 0 saturated carbocycles. The van der Waals surface area contributed by atoms with Crippen LogP contribution in [0.25, 0.3) is 11.0 Å². The number of benzene rings is 1. The van der Waals surface area contributed by atoms with Crippen LogP contribution in [-0.4, -0.2) is 15.8 Å². The smallest absolute Gasteiger partial charge is 0.175 e. The Morgan fingerprint density at radius 1 is 1.43 bits per heavy atom. The first-order valence-electron chi connectivity index (χ1n) is 4.00. The van der Waals surface area contributed by atoms with Gasteiger partial charge in [0, 0.05) is 10.0 Å². The Morgan fingerprint density at radius 2 is 2.14 bits per heavy atom. The third kappa shape index (κ3) is 1.53. The van der Waals surface area contributed by atoms with E-state index in [1.165, 1.54) is 6.92 Å². The predicted molar refractivity (Wildman–Crippen MR) is 61.2 cm³/mol. The van der Waals surface area contributed by atoms with E-state index in [2.05, 4.69) is 25.9 Å². The van der Waals surface area contributed by atoms with E-state index in [4.69, 9.17) is 12.2 Å². The number of rotatable bonds is 1. The molecule has 3 nitrogen and oxygen atoms in total. The maximum atomic E-state index is 11.2. The van der Waals surface area contributed by atoms with Gasteiger partial charge in [-0.2, -0.15) is 0 Å². The molecule has 1 aromatic heterocycles. The number of nitrogens with one attached hydrogen (secondary N) is 2. The lowest BCUT2D eigenvalue weighted by molar-refractivity contribution is 0.101. The van der Waals surface area contributed by atoms with Gasteiger partial charge in [-0.15, -0.1) is 0 Å². The topological polar surface area (TPSA) is 48.6 Å². The van der Waals surface area contributed by atoms with Gasteiger partial charge in [0.15, 0.2) is 10.6 Å². The van der Waals surface area contributed by atoms with E-state index >= 15 is 0 Å². The zero-order valence-electron chi connectivity index (χ0n) is 7.35. The van der Waals surface area contributed by atoms with Crippen LogP contribution in [0.15, 0.2) is 16.6 Å². The molecule has 72 valence electrons. The molecule has 5 heteroatoms. The SMILES string of the molecule is CC(=O)c1cc(Br)c2[nH]c(=S)[nH]c2c1. The number of imidazole rings is 1. The van der Waals surface area contributed by atoms with Crippen molar-refractivity contribution in [2.75, 3.05) is 0 Å². The molecule has 0 bridgehead atoms. The highest BCUT2D eigenvalue weighted by atomic mass is 79.9. The van der Waals surface area contributed by atoms with Crippen molar-refractivity contribution < 1.29 is 4.79 Å². The van der Waals surface area contributed by atoms with Crippen LogP contribution >= 0.6 is 28.1 Å². The minimum absolute atomic E-state index is 0.0353. The average Bonchev–Trinajstić information content (AvgIpc) is 2.45. The normalized spacial score (nSPS) is 10.7. The number of hydrogen-bond donors (Lipinski definition) is 2. The van der Waals surface area contributed by atoms with Crippen molar-refractivity contribution in [1.82, 2.24) is 9.97 Å². The molecule has 0 aliphatic carbocycles. The van der Waals surface area contributed by atoms with Gasteiger partial charge in [0.25, 0.3) is 0 Å². The maximum Gasteiger partial charge on any atom is 0.175 e. The van der Waals surface area contributed by atoms with Gasteiger partial charge in [0.2, 0.25) is 0 Å². The molecule has 2 rings (SSSR count). The molecule has 0 atom stereocenters. The summed E-state index contributed by atoms with van der Waals surface area (Å²) in [6.45, 7) is 1.54. The summed E-state index contributed by atoms with van der Waals surface area (Å²) in [5.41, 5.74) is 2.39. The fourth-order valence-electron chi connectivity index (χ4n) is 1.30. The summed E-state index contributed by atoms with van der Waals surface area (Å²) in [5, 5.41) is 0. The molecule has 2 aromatic rings. The Balaban J connectivity index is 2.84. The summed E-state index contributed by atoms with van der Waals surface area (Å²) in [4.78, 5) is 17.1. The molecule has 0 aliphatic heterocycles. The summed E-state index contributed by atoms with van der Waals surface area (Å²) in [6, 6.07) is 3.57. The van der Waals surface area contributed by atoms with Crippen molar-refractivity contribution >= 4 is 45.0 Å². The van der Waals surface area contributed by atoms with E-state index in [1.54, 1.807) is 12.1 Å². The number of ketones is 1. The molecular weight excluding hydrogens is 264 g/mol. The predicted octanol–water partition coefficient (Wildman–Crippen LogP) is 3.19. The first-order valence-corrected chi connectivity index (χ1v) is 5.20. The van der Waals surface area contributed by atoms with E-state index in [1.807, 2.05) is 0 Å². The number of carbonyl (C=O) groups is 1. The third-order valence-corrected chi connectivity index (χ3v) is 2.81. The van der Waals surface area contributed by atoms with Crippen LogP contribution in [0.5, 0.6) is 0 Å². The number of carbonyl (C=O) groups excluding carboxylic acids is 1. The molecule has 1 aromatic carbocycles. The van der Waals surface area contributed by atoms with Crippen LogP contribution in [0, 0.1) is 4.77 Å². The maximum absolute atomic E-state index is 11.2. The fraction of sp³-hybridized carbons (Fsp3) is 0.111. The van der Waals surface area contributed by atoms with Crippen molar-refractivity contribution in [1.29, 1.82) is 0 Å². The average molecular weight is 271 g/mol. The van der Waals surface area contributed by atoms with Gasteiger partial charge < -0.3 is 9.97 Å². The number of Topliss-reactive ketones (excluding diaryl/α,β-unsaturated/α-hetero) is 1. The Morgan fingerprint density at radius 3 is 2.79 bits per heavy atom. The van der Waals surface area contributed by atoms with E-state index in [-0.39, 0.29) is 5.78 Å². The van der Waals surface area contributed by atoms with Gasteiger partial charge >= 0.3 is 0 Å². The van der Waals surface area contributed by atoms with Crippen molar-refractivity contribution in [3.8, 4) is 0 Å². The Kier molecular flexibility index (Phi) is 2.28. The van der Waals surface area contributed by atoms with Crippen LogP contribution in [0.4, 0.5) is 0 Å². The van der Waals surface area contributed by atoms with E-state index in [0.29, 0.717) is 10.3 Å². The number of fused-ring (bicyclic) bond motifs is 1. The summed E-state index contributed by atoms with van der Waals surface area (Å²) < 4.78 is 1.40. The summed E-state index contributed by atoms with van der Waals surface area (Å²) in [7, 11) is 0. The number of halogens is 1. The highest BCUT2D eigenvalue weighted by Crippen LogP contribution is 2.23. The van der Waals surface area contributed by atoms with Crippen molar-refractivity contribution in [3.05, 3.63) is 26.9 Å². The Labute approximate surface area is 93.7 Å². The molecule has 2 N–H and O–H groups in total. The first-order chi connectivity index (χ1) is 6.58. The van der Waals surface area contributed by atoms with Crippen LogP contribution in [-0.2, 0) is 0 Å². The molecule has 0 saturated heterocycles. The van der Waals surface area contributed by atoms with E-state index < -0.39 is 0 Å². The zero-order chi connectivity index (χ0) is 10.3. The van der Waals surface area contributed by atoms with Gasteiger partial charge in [-0.25, -0.2) is 0 Å². The van der Waals surface area contributed by atoms with Crippen molar-refractivity contribution in [2.24, 2.45) is 0 Å². The van der Waals surface area contributed by atoms with E-state index in [9.17, 15) is 4.79 Å². The van der Waals surface area contributed by atoms with Gasteiger partial charge in [-0.1, -0.05) is 0 Å². The lowest BCUT2D eigenvalue weighted by Gasteiger charge is -1.98. The molecule has 0 unspecified atom stereocenters. The monoisotopic (exact) mass is 270 g/mol. The molecule has 0 fully saturated rings. The second kappa shape index (κ2) is 3.33. The first kappa shape index (κ1) is 9.61. The molecule has 0 radical (unpaired) electrons. The van der Waals surface area contributed by atoms with Gasteiger partial charge in [-0.05, 0) is 47.2 Å². The molecule has 1 heterocycles. The largest absolute Gasteiger partial charge is 0.331 e. The van der Waals surface area contributed by atoms with E-state index in [0.717, 1.165) is 15.5 Å². The molecule has 0 amide bonds. The molecule has 14 heavy (non-hydrogen) atoms. The summed E-state index contributed by atoms with van der Waals surface area (Å²) in [5.74, 6) is 0.0353. The lowest BCUT2D eigenvalue weighted by atomic mass is 10.1. The van der Waals surface area contributed by atoms with Gasteiger partial charge in [0.05, 0.1) is 11.0 Å². The minimum Gasteiger partial charge on any atom is -0.331 e. The number of aromatic nitrogens is 2. The van der Waals surface area contributed by atoms with Crippen LogP contribution in [0.3, 0.4) is 0 Å². The minimum atomic E-state index is 0.0353. The second-order valence-electron chi connectivity index (χ2n) is 3.02. The Hall–Kier alpha value is -0.940. The molecule has 0 spiro atoms. The van der Waals surface area contributed by atoms with Gasteiger partial charge in [-0.3, -0.25) is 4.79 Å². The fourth-order valence-corrected chi connectivity index (χ4v) is 2.07. The standard InChI is InChI=1S/C9H7BrN2OS/c1-4(13)5-2-6(10)8-7(3-5)11-9(14)12-8/h2-3H,1H3,(H2,11,12,14). The van der Waals surface area contributed by atoms with Crippen molar-refractivity contribution in [3.63, 3.8) is 0 Å². The highest BCUT2D eigenvalue weighted by Gasteiger charge is 2.06. The highest BCUT2D eigenvalue weighted by molar-refractivity contribution is 9.10. The van der Waals surface area contributed by atoms with Gasteiger partial charge in [0.1, 0.15) is 0 Å². The number of H-pyrrole nitrogens is 2. The third-order valence-electron chi connectivity index (χ3n) is 1.98. The number of aromatic amines is 2. The van der Waals surface area contributed by atoms with Crippen LogP contribution in [0.1, 0.15) is 17.3 Å². The van der Waals surface area contributed by atoms with Crippen LogP contribution in [0.2, 0.25) is 0 Å². The Bertz CT molecular complexity index is 570. The summed E-state index contributed by atoms with van der Waals surface area (Å²) in [6.07, 6.45) is 0.